The van der Waals surface area contributed by atoms with E-state index in [1.165, 1.54) is 0 Å². The topological polar surface area (TPSA) is 67.6 Å². The van der Waals surface area contributed by atoms with Crippen molar-refractivity contribution in [3.05, 3.63) is 23.8 Å². The summed E-state index contributed by atoms with van der Waals surface area (Å²) in [6.45, 7) is 10.0. The number of amides is 1. The van der Waals surface area contributed by atoms with Crippen LogP contribution in [0, 0.1) is 0 Å². The van der Waals surface area contributed by atoms with E-state index >= 15 is 0 Å². The van der Waals surface area contributed by atoms with Crippen LogP contribution in [-0.4, -0.2) is 43.1 Å². The monoisotopic (exact) mass is 293 g/mol. The third-order valence-electron chi connectivity index (χ3n) is 3.44. The van der Waals surface area contributed by atoms with Crippen LogP contribution in [0.5, 0.6) is 5.75 Å². The lowest BCUT2D eigenvalue weighted by molar-refractivity contribution is 0.0962. The molecule has 3 N–H and O–H groups in total. The summed E-state index contributed by atoms with van der Waals surface area (Å²) in [5.41, 5.74) is 6.99. The first-order valence-corrected chi connectivity index (χ1v) is 7.37. The van der Waals surface area contributed by atoms with Gasteiger partial charge < -0.3 is 15.8 Å². The third kappa shape index (κ3) is 4.93. The number of rotatable bonds is 7. The molecule has 1 amide bonds. The minimum absolute atomic E-state index is 0.147. The Hall–Kier alpha value is -1.75. The molecule has 1 aromatic rings. The molecule has 5 heteroatoms. The van der Waals surface area contributed by atoms with Gasteiger partial charge in [0, 0.05) is 31.2 Å². The highest BCUT2D eigenvalue weighted by atomic mass is 16.5. The molecule has 0 atom stereocenters. The van der Waals surface area contributed by atoms with Crippen molar-refractivity contribution >= 4 is 11.6 Å². The largest absolute Gasteiger partial charge is 0.490 e. The van der Waals surface area contributed by atoms with Gasteiger partial charge in [0.05, 0.1) is 5.69 Å². The van der Waals surface area contributed by atoms with Crippen molar-refractivity contribution in [2.45, 2.75) is 39.8 Å². The van der Waals surface area contributed by atoms with Gasteiger partial charge in [-0.2, -0.15) is 0 Å². The summed E-state index contributed by atoms with van der Waals surface area (Å²) in [5.74, 6) is 0.411. The van der Waals surface area contributed by atoms with Gasteiger partial charge in [0.25, 0.3) is 5.91 Å². The highest BCUT2D eigenvalue weighted by Gasteiger charge is 2.14. The Bertz CT molecular complexity index is 465. The van der Waals surface area contributed by atoms with Crippen LogP contribution in [-0.2, 0) is 0 Å². The Kier molecular flexibility index (Phi) is 6.49. The predicted molar refractivity (Wildman–Crippen MR) is 86.7 cm³/mol. The van der Waals surface area contributed by atoms with E-state index in [2.05, 4.69) is 37.9 Å². The third-order valence-corrected chi connectivity index (χ3v) is 3.44. The lowest BCUT2D eigenvalue weighted by Crippen LogP contribution is -2.39. The second-order valence-corrected chi connectivity index (χ2v) is 5.61. The molecular weight excluding hydrogens is 266 g/mol. The van der Waals surface area contributed by atoms with Gasteiger partial charge >= 0.3 is 0 Å². The maximum Gasteiger partial charge on any atom is 0.251 e. The molecule has 0 spiro atoms. The van der Waals surface area contributed by atoms with Crippen LogP contribution in [0.1, 0.15) is 38.1 Å². The summed E-state index contributed by atoms with van der Waals surface area (Å²) in [6, 6.07) is 5.99. The molecule has 0 aromatic heterocycles. The van der Waals surface area contributed by atoms with Crippen LogP contribution in [0.15, 0.2) is 18.2 Å². The maximum atomic E-state index is 11.6. The van der Waals surface area contributed by atoms with Crippen LogP contribution >= 0.6 is 0 Å². The van der Waals surface area contributed by atoms with Gasteiger partial charge in [-0.1, -0.05) is 0 Å². The summed E-state index contributed by atoms with van der Waals surface area (Å²) in [7, 11) is 1.60. The van der Waals surface area contributed by atoms with E-state index in [0.29, 0.717) is 35.7 Å². The number of benzene rings is 1. The van der Waals surface area contributed by atoms with Crippen molar-refractivity contribution < 1.29 is 9.53 Å². The molecule has 0 heterocycles. The van der Waals surface area contributed by atoms with Crippen molar-refractivity contribution in [2.24, 2.45) is 0 Å². The summed E-state index contributed by atoms with van der Waals surface area (Å²) < 4.78 is 5.76. The molecule has 0 aliphatic heterocycles. The minimum Gasteiger partial charge on any atom is -0.490 e. The normalized spacial score (nSPS) is 11.2. The summed E-state index contributed by atoms with van der Waals surface area (Å²) >= 11 is 0. The number of carbonyl (C=O) groups is 1. The molecule has 1 aromatic carbocycles. The van der Waals surface area contributed by atoms with Gasteiger partial charge in [-0.05, 0) is 45.9 Å². The molecule has 0 unspecified atom stereocenters. The highest BCUT2D eigenvalue weighted by Crippen LogP contribution is 2.23. The van der Waals surface area contributed by atoms with E-state index in [1.807, 2.05) is 0 Å². The Balaban J connectivity index is 2.68. The van der Waals surface area contributed by atoms with Gasteiger partial charge in [-0.3, -0.25) is 9.69 Å². The molecule has 0 aliphatic carbocycles. The average Bonchev–Trinajstić information content (AvgIpc) is 2.43. The second-order valence-electron chi connectivity index (χ2n) is 5.61. The molecule has 21 heavy (non-hydrogen) atoms. The molecule has 0 radical (unpaired) electrons. The lowest BCUT2D eigenvalue weighted by atomic mass is 10.2. The number of nitrogens with two attached hydrogens (primary N) is 1. The Morgan fingerprint density at radius 3 is 2.43 bits per heavy atom. The average molecular weight is 293 g/mol. The molecular formula is C16H27N3O2. The number of nitrogens with zero attached hydrogens (tertiary/aromatic N) is 1. The van der Waals surface area contributed by atoms with Crippen LogP contribution < -0.4 is 15.8 Å². The first-order chi connectivity index (χ1) is 9.86. The summed E-state index contributed by atoms with van der Waals surface area (Å²) in [5, 5.41) is 2.59. The number of hydrogen-bond donors (Lipinski definition) is 2. The van der Waals surface area contributed by atoms with Crippen LogP contribution in [0.4, 0.5) is 5.69 Å². The van der Waals surface area contributed by atoms with Crippen molar-refractivity contribution in [1.29, 1.82) is 0 Å². The van der Waals surface area contributed by atoms with E-state index in [9.17, 15) is 4.79 Å². The fourth-order valence-corrected chi connectivity index (χ4v) is 2.32. The number of carbonyl (C=O) groups excluding carboxylic acids is 1. The first-order valence-electron chi connectivity index (χ1n) is 7.37. The first kappa shape index (κ1) is 17.3. The van der Waals surface area contributed by atoms with Crippen molar-refractivity contribution in [3.8, 4) is 5.75 Å². The Labute approximate surface area is 127 Å². The fraction of sp³-hybridized carbons (Fsp3) is 0.562. The maximum absolute atomic E-state index is 11.6. The van der Waals surface area contributed by atoms with Crippen LogP contribution in [0.3, 0.4) is 0 Å². The van der Waals surface area contributed by atoms with E-state index in [-0.39, 0.29) is 5.91 Å². The zero-order valence-corrected chi connectivity index (χ0v) is 13.6. The molecule has 0 aliphatic rings. The number of nitrogens with one attached hydrogen (secondary N) is 1. The van der Waals surface area contributed by atoms with E-state index in [1.54, 1.807) is 25.2 Å². The van der Waals surface area contributed by atoms with E-state index in [0.717, 1.165) is 6.54 Å². The lowest BCUT2D eigenvalue weighted by Gasteiger charge is -2.30. The zero-order valence-electron chi connectivity index (χ0n) is 13.6. The smallest absolute Gasteiger partial charge is 0.251 e. The predicted octanol–water partition coefficient (Wildman–Crippen LogP) is 2.13. The standard InChI is InChI=1S/C16H27N3O2/c1-11(2)19(12(3)4)8-9-21-15-10-13(16(20)18-5)6-7-14(15)17/h6-7,10-12H,8-9,17H2,1-5H3,(H,18,20). The quantitative estimate of drug-likeness (QED) is 0.756. The number of nitrogen functional groups attached to an aromatic ring is 1. The summed E-state index contributed by atoms with van der Waals surface area (Å²) in [4.78, 5) is 14.0. The molecule has 0 saturated carbocycles. The van der Waals surface area contributed by atoms with Crippen LogP contribution in [0.2, 0.25) is 0 Å². The van der Waals surface area contributed by atoms with E-state index in [4.69, 9.17) is 10.5 Å². The molecule has 0 bridgehead atoms. The number of hydrogen-bond acceptors (Lipinski definition) is 4. The van der Waals surface area contributed by atoms with Gasteiger partial charge in [0.1, 0.15) is 12.4 Å². The van der Waals surface area contributed by atoms with Crippen molar-refractivity contribution in [3.63, 3.8) is 0 Å². The number of ether oxygens (including phenoxy) is 1. The highest BCUT2D eigenvalue weighted by molar-refractivity contribution is 5.95. The fourth-order valence-electron chi connectivity index (χ4n) is 2.32. The Morgan fingerprint density at radius 2 is 1.90 bits per heavy atom. The SMILES string of the molecule is CNC(=O)c1ccc(N)c(OCCN(C(C)C)C(C)C)c1. The van der Waals surface area contributed by atoms with Crippen molar-refractivity contribution in [1.82, 2.24) is 10.2 Å². The van der Waals surface area contributed by atoms with Crippen molar-refractivity contribution in [2.75, 3.05) is 25.9 Å². The van der Waals surface area contributed by atoms with Gasteiger partial charge in [-0.15, -0.1) is 0 Å². The van der Waals surface area contributed by atoms with E-state index < -0.39 is 0 Å². The van der Waals surface area contributed by atoms with Gasteiger partial charge in [0.2, 0.25) is 0 Å². The Morgan fingerprint density at radius 1 is 1.29 bits per heavy atom. The molecule has 0 saturated heterocycles. The van der Waals surface area contributed by atoms with Crippen LogP contribution in [0.25, 0.3) is 0 Å². The molecule has 1 rings (SSSR count). The van der Waals surface area contributed by atoms with Gasteiger partial charge in [0.15, 0.2) is 0 Å². The molecule has 5 nitrogen and oxygen atoms in total. The summed E-state index contributed by atoms with van der Waals surface area (Å²) in [6.07, 6.45) is 0. The number of anilines is 1. The molecule has 0 fully saturated rings. The van der Waals surface area contributed by atoms with Gasteiger partial charge in [-0.25, -0.2) is 0 Å². The molecule has 118 valence electrons. The zero-order chi connectivity index (χ0) is 16.0. The second kappa shape index (κ2) is 7.88. The minimum atomic E-state index is -0.147.